The molecule has 0 unspecified atom stereocenters. The van der Waals surface area contributed by atoms with Gasteiger partial charge in [0.15, 0.2) is 5.13 Å². The Labute approximate surface area is 97.5 Å². The first-order valence-electron chi connectivity index (χ1n) is 5.40. The lowest BCUT2D eigenvalue weighted by Crippen LogP contribution is -2.14. The van der Waals surface area contributed by atoms with E-state index in [1.807, 2.05) is 24.3 Å². The lowest BCUT2D eigenvalue weighted by atomic mass is 10.3. The number of thiazole rings is 1. The maximum atomic E-state index is 11.7. The van der Waals surface area contributed by atoms with Crippen LogP contribution in [0, 0.1) is 11.8 Å². The number of aromatic nitrogens is 1. The van der Waals surface area contributed by atoms with Crippen LogP contribution in [0.5, 0.6) is 0 Å². The van der Waals surface area contributed by atoms with E-state index < -0.39 is 0 Å². The van der Waals surface area contributed by atoms with Crippen LogP contribution in [0.3, 0.4) is 0 Å². The van der Waals surface area contributed by atoms with Crippen LogP contribution in [-0.4, -0.2) is 10.9 Å². The van der Waals surface area contributed by atoms with Gasteiger partial charge < -0.3 is 5.32 Å². The van der Waals surface area contributed by atoms with Gasteiger partial charge in [0, 0.05) is 5.92 Å². The molecule has 0 saturated heterocycles. The van der Waals surface area contributed by atoms with Crippen molar-refractivity contribution in [2.75, 3.05) is 5.32 Å². The van der Waals surface area contributed by atoms with E-state index >= 15 is 0 Å². The summed E-state index contributed by atoms with van der Waals surface area (Å²) in [6.07, 6.45) is 1.01. The average Bonchev–Trinajstić information content (AvgIpc) is 2.87. The van der Waals surface area contributed by atoms with Gasteiger partial charge >= 0.3 is 0 Å². The minimum absolute atomic E-state index is 0.117. The third kappa shape index (κ3) is 1.69. The number of carbonyl (C=O) groups excluding carboxylic acids is 1. The Morgan fingerprint density at radius 3 is 2.94 bits per heavy atom. The highest BCUT2D eigenvalue weighted by Crippen LogP contribution is 2.39. The summed E-state index contributed by atoms with van der Waals surface area (Å²) in [6.45, 7) is 2.10. The van der Waals surface area contributed by atoms with Crippen molar-refractivity contribution in [3.05, 3.63) is 24.3 Å². The molecule has 1 saturated carbocycles. The van der Waals surface area contributed by atoms with E-state index in [1.54, 1.807) is 0 Å². The first kappa shape index (κ1) is 9.78. The molecule has 3 rings (SSSR count). The molecule has 0 aliphatic heterocycles. The second-order valence-electron chi connectivity index (χ2n) is 4.30. The van der Waals surface area contributed by atoms with E-state index in [-0.39, 0.29) is 11.8 Å². The molecule has 2 aromatic rings. The Balaban J connectivity index is 1.81. The number of hydrogen-bond donors (Lipinski definition) is 1. The molecule has 16 heavy (non-hydrogen) atoms. The first-order chi connectivity index (χ1) is 7.74. The Morgan fingerprint density at radius 1 is 1.50 bits per heavy atom. The highest BCUT2D eigenvalue weighted by molar-refractivity contribution is 7.22. The van der Waals surface area contributed by atoms with Crippen molar-refractivity contribution in [3.8, 4) is 0 Å². The fraction of sp³-hybridized carbons (Fsp3) is 0.333. The van der Waals surface area contributed by atoms with Crippen molar-refractivity contribution in [3.63, 3.8) is 0 Å². The number of nitrogens with zero attached hydrogens (tertiary/aromatic N) is 1. The molecule has 0 bridgehead atoms. The number of rotatable bonds is 2. The molecule has 0 spiro atoms. The van der Waals surface area contributed by atoms with E-state index in [9.17, 15) is 4.79 Å². The molecular formula is C12H12N2OS. The van der Waals surface area contributed by atoms with Crippen molar-refractivity contribution in [2.45, 2.75) is 13.3 Å². The number of hydrogen-bond acceptors (Lipinski definition) is 3. The fourth-order valence-electron chi connectivity index (χ4n) is 1.81. The Hall–Kier alpha value is -1.42. The number of carbonyl (C=O) groups is 1. The van der Waals surface area contributed by atoms with E-state index in [0.717, 1.165) is 16.6 Å². The van der Waals surface area contributed by atoms with Crippen LogP contribution < -0.4 is 5.32 Å². The number of nitrogens with one attached hydrogen (secondary N) is 1. The Kier molecular flexibility index (Phi) is 2.17. The highest BCUT2D eigenvalue weighted by Gasteiger charge is 2.39. The molecular weight excluding hydrogens is 220 g/mol. The molecule has 1 N–H and O–H groups in total. The summed E-state index contributed by atoms with van der Waals surface area (Å²) in [5.41, 5.74) is 0.951. The maximum absolute atomic E-state index is 11.7. The minimum atomic E-state index is 0.117. The Morgan fingerprint density at radius 2 is 2.25 bits per heavy atom. The average molecular weight is 232 g/mol. The van der Waals surface area contributed by atoms with Crippen molar-refractivity contribution in [1.29, 1.82) is 0 Å². The van der Waals surface area contributed by atoms with Crippen LogP contribution in [0.15, 0.2) is 24.3 Å². The van der Waals surface area contributed by atoms with Gasteiger partial charge in [-0.25, -0.2) is 4.98 Å². The molecule has 2 atom stereocenters. The normalized spacial score (nSPS) is 23.3. The van der Waals surface area contributed by atoms with E-state index in [2.05, 4.69) is 17.2 Å². The van der Waals surface area contributed by atoms with Crippen LogP contribution in [0.4, 0.5) is 5.13 Å². The van der Waals surface area contributed by atoms with Gasteiger partial charge in [-0.1, -0.05) is 30.4 Å². The third-order valence-corrected chi connectivity index (χ3v) is 3.92. The summed E-state index contributed by atoms with van der Waals surface area (Å²) in [6, 6.07) is 7.91. The van der Waals surface area contributed by atoms with Crippen molar-refractivity contribution < 1.29 is 4.79 Å². The smallest absolute Gasteiger partial charge is 0.229 e. The SMILES string of the molecule is C[C@H]1C[C@@H]1C(=O)Nc1nc2ccccc2s1. The lowest BCUT2D eigenvalue weighted by molar-refractivity contribution is -0.117. The van der Waals surface area contributed by atoms with Gasteiger partial charge in [-0.2, -0.15) is 0 Å². The molecule has 1 heterocycles. The molecule has 0 radical (unpaired) electrons. The maximum Gasteiger partial charge on any atom is 0.229 e. The van der Waals surface area contributed by atoms with Gasteiger partial charge in [-0.05, 0) is 24.5 Å². The number of anilines is 1. The highest BCUT2D eigenvalue weighted by atomic mass is 32.1. The van der Waals surface area contributed by atoms with Crippen LogP contribution in [0.1, 0.15) is 13.3 Å². The summed E-state index contributed by atoms with van der Waals surface area (Å²) < 4.78 is 1.11. The van der Waals surface area contributed by atoms with Crippen molar-refractivity contribution in [2.24, 2.45) is 11.8 Å². The summed E-state index contributed by atoms with van der Waals surface area (Å²) >= 11 is 1.53. The van der Waals surface area contributed by atoms with Crippen LogP contribution in [0.2, 0.25) is 0 Å². The van der Waals surface area contributed by atoms with Gasteiger partial charge in [0.05, 0.1) is 10.2 Å². The quantitative estimate of drug-likeness (QED) is 0.865. The second kappa shape index (κ2) is 3.56. The zero-order valence-corrected chi connectivity index (χ0v) is 9.75. The van der Waals surface area contributed by atoms with Gasteiger partial charge in [0.25, 0.3) is 0 Å². The summed E-state index contributed by atoms with van der Waals surface area (Å²) in [5, 5.41) is 3.61. The molecule has 3 nitrogen and oxygen atoms in total. The second-order valence-corrected chi connectivity index (χ2v) is 5.33. The number of para-hydroxylation sites is 1. The van der Waals surface area contributed by atoms with E-state index in [4.69, 9.17) is 0 Å². The lowest BCUT2D eigenvalue weighted by Gasteiger charge is -1.97. The molecule has 1 aromatic carbocycles. The van der Waals surface area contributed by atoms with E-state index in [0.29, 0.717) is 11.0 Å². The van der Waals surface area contributed by atoms with E-state index in [1.165, 1.54) is 11.3 Å². The summed E-state index contributed by atoms with van der Waals surface area (Å²) in [4.78, 5) is 16.1. The molecule has 1 aliphatic carbocycles. The van der Waals surface area contributed by atoms with Gasteiger partial charge in [0.1, 0.15) is 0 Å². The third-order valence-electron chi connectivity index (χ3n) is 2.97. The number of fused-ring (bicyclic) bond motifs is 1. The van der Waals surface area contributed by atoms with Crippen LogP contribution in [0.25, 0.3) is 10.2 Å². The molecule has 82 valence electrons. The van der Waals surface area contributed by atoms with Crippen LogP contribution in [-0.2, 0) is 4.79 Å². The molecule has 4 heteroatoms. The summed E-state index contributed by atoms with van der Waals surface area (Å²) in [7, 11) is 0. The predicted molar refractivity (Wildman–Crippen MR) is 65.5 cm³/mol. The standard InChI is InChI=1S/C12H12N2OS/c1-7-6-8(7)11(15)14-12-13-9-4-2-3-5-10(9)16-12/h2-5,7-8H,6H2,1H3,(H,13,14,15)/t7-,8-/m0/s1. The molecule has 1 aromatic heterocycles. The fourth-order valence-corrected chi connectivity index (χ4v) is 2.68. The zero-order valence-electron chi connectivity index (χ0n) is 8.93. The number of benzene rings is 1. The minimum Gasteiger partial charge on any atom is -0.302 e. The van der Waals surface area contributed by atoms with Gasteiger partial charge in [-0.15, -0.1) is 0 Å². The Bertz CT molecular complexity index is 516. The zero-order chi connectivity index (χ0) is 11.1. The van der Waals surface area contributed by atoms with Gasteiger partial charge in [-0.3, -0.25) is 4.79 Å². The van der Waals surface area contributed by atoms with Gasteiger partial charge in [0.2, 0.25) is 5.91 Å². The first-order valence-corrected chi connectivity index (χ1v) is 6.22. The van der Waals surface area contributed by atoms with Crippen LogP contribution >= 0.6 is 11.3 Å². The number of amides is 1. The molecule has 1 fully saturated rings. The monoisotopic (exact) mass is 232 g/mol. The molecule has 1 aliphatic rings. The largest absolute Gasteiger partial charge is 0.302 e. The predicted octanol–water partition coefficient (Wildman–Crippen LogP) is 2.89. The summed E-state index contributed by atoms with van der Waals surface area (Å²) in [5.74, 6) is 0.855. The molecule has 1 amide bonds. The van der Waals surface area contributed by atoms with Crippen molar-refractivity contribution in [1.82, 2.24) is 4.98 Å². The van der Waals surface area contributed by atoms with Crippen molar-refractivity contribution >= 4 is 32.6 Å². The topological polar surface area (TPSA) is 42.0 Å².